The SMILES string of the molecule is CC(C)C(CN(C)C)NC(=O)NC1(C(=O)O)CCCC1. The van der Waals surface area contributed by atoms with Crippen molar-refractivity contribution >= 4 is 12.0 Å². The second-order valence-electron chi connectivity index (χ2n) is 6.31. The average Bonchev–Trinajstić information content (AvgIpc) is 2.77. The molecule has 0 saturated heterocycles. The second-order valence-corrected chi connectivity index (χ2v) is 6.31. The molecule has 0 aromatic rings. The Morgan fingerprint density at radius 1 is 1.25 bits per heavy atom. The molecule has 0 aromatic heterocycles. The molecule has 0 spiro atoms. The van der Waals surface area contributed by atoms with Crippen LogP contribution in [-0.2, 0) is 4.79 Å². The number of aliphatic carboxylic acids is 1. The zero-order chi connectivity index (χ0) is 15.3. The summed E-state index contributed by atoms with van der Waals surface area (Å²) in [5.74, 6) is -0.647. The third kappa shape index (κ3) is 4.37. The molecule has 1 fully saturated rings. The Hall–Kier alpha value is -1.30. The normalized spacial score (nSPS) is 19.1. The van der Waals surface area contributed by atoms with Gasteiger partial charge in [-0.2, -0.15) is 0 Å². The molecule has 0 aliphatic heterocycles. The van der Waals surface area contributed by atoms with E-state index in [9.17, 15) is 14.7 Å². The van der Waals surface area contributed by atoms with Gasteiger partial charge >= 0.3 is 12.0 Å². The van der Waals surface area contributed by atoms with Crippen molar-refractivity contribution in [3.8, 4) is 0 Å². The zero-order valence-corrected chi connectivity index (χ0v) is 12.9. The molecule has 6 heteroatoms. The number of amides is 2. The minimum atomic E-state index is -1.08. The number of carboxylic acids is 1. The summed E-state index contributed by atoms with van der Waals surface area (Å²) in [6, 6.07) is -0.382. The number of nitrogens with zero attached hydrogens (tertiary/aromatic N) is 1. The van der Waals surface area contributed by atoms with Gasteiger partial charge < -0.3 is 20.6 Å². The summed E-state index contributed by atoms with van der Waals surface area (Å²) in [6.07, 6.45) is 2.71. The van der Waals surface area contributed by atoms with E-state index in [1.165, 1.54) is 0 Å². The average molecular weight is 285 g/mol. The van der Waals surface area contributed by atoms with Crippen LogP contribution in [0.5, 0.6) is 0 Å². The maximum absolute atomic E-state index is 12.1. The highest BCUT2D eigenvalue weighted by Crippen LogP contribution is 2.29. The Kier molecular flexibility index (Phi) is 5.80. The van der Waals surface area contributed by atoms with E-state index in [-0.39, 0.29) is 18.0 Å². The standard InChI is InChI=1S/C14H27N3O3/c1-10(2)11(9-17(3)4)15-13(20)16-14(12(18)19)7-5-6-8-14/h10-11H,5-9H2,1-4H3,(H,18,19)(H2,15,16,20). The molecular formula is C14H27N3O3. The molecule has 1 unspecified atom stereocenters. The van der Waals surface area contributed by atoms with Crippen molar-refractivity contribution in [3.63, 3.8) is 0 Å². The van der Waals surface area contributed by atoms with E-state index in [2.05, 4.69) is 10.6 Å². The largest absolute Gasteiger partial charge is 0.480 e. The first-order chi connectivity index (χ1) is 9.27. The molecule has 0 heterocycles. The van der Waals surface area contributed by atoms with Gasteiger partial charge in [-0.05, 0) is 32.9 Å². The number of carbonyl (C=O) groups is 2. The maximum Gasteiger partial charge on any atom is 0.329 e. The summed E-state index contributed by atoms with van der Waals surface area (Å²) >= 11 is 0. The van der Waals surface area contributed by atoms with Crippen LogP contribution in [0.2, 0.25) is 0 Å². The smallest absolute Gasteiger partial charge is 0.329 e. The van der Waals surface area contributed by atoms with E-state index < -0.39 is 11.5 Å². The highest BCUT2D eigenvalue weighted by molar-refractivity contribution is 5.86. The van der Waals surface area contributed by atoms with Gasteiger partial charge in [-0.25, -0.2) is 9.59 Å². The summed E-state index contributed by atoms with van der Waals surface area (Å²) in [4.78, 5) is 25.5. The first kappa shape index (κ1) is 16.8. The molecule has 2 amide bonds. The predicted octanol–water partition coefficient (Wildman–Crippen LogP) is 1.27. The van der Waals surface area contributed by atoms with Crippen LogP contribution in [-0.4, -0.2) is 54.2 Å². The molecule has 0 bridgehead atoms. The fourth-order valence-electron chi connectivity index (χ4n) is 2.61. The van der Waals surface area contributed by atoms with E-state index in [4.69, 9.17) is 0 Å². The van der Waals surface area contributed by atoms with Crippen molar-refractivity contribution < 1.29 is 14.7 Å². The van der Waals surface area contributed by atoms with E-state index >= 15 is 0 Å². The molecule has 0 radical (unpaired) electrons. The van der Waals surface area contributed by atoms with Gasteiger partial charge in [0.25, 0.3) is 0 Å². The molecule has 1 saturated carbocycles. The third-order valence-electron chi connectivity index (χ3n) is 3.90. The van der Waals surface area contributed by atoms with Crippen molar-refractivity contribution in [2.45, 2.75) is 51.1 Å². The number of urea groups is 1. The van der Waals surface area contributed by atoms with Gasteiger partial charge in [-0.15, -0.1) is 0 Å². The van der Waals surface area contributed by atoms with Crippen molar-refractivity contribution in [1.29, 1.82) is 0 Å². The lowest BCUT2D eigenvalue weighted by atomic mass is 9.98. The first-order valence-electron chi connectivity index (χ1n) is 7.23. The van der Waals surface area contributed by atoms with Crippen LogP contribution in [0, 0.1) is 5.92 Å². The van der Waals surface area contributed by atoms with Crippen LogP contribution in [0.25, 0.3) is 0 Å². The second kappa shape index (κ2) is 6.92. The van der Waals surface area contributed by atoms with Gasteiger partial charge in [0.1, 0.15) is 5.54 Å². The number of hydrogen-bond acceptors (Lipinski definition) is 3. The number of likely N-dealkylation sites (N-methyl/N-ethyl adjacent to an activating group) is 1. The van der Waals surface area contributed by atoms with Crippen LogP contribution in [0.3, 0.4) is 0 Å². The summed E-state index contributed by atoms with van der Waals surface area (Å²) in [5.41, 5.74) is -1.08. The molecule has 116 valence electrons. The van der Waals surface area contributed by atoms with E-state index in [0.717, 1.165) is 19.4 Å². The quantitative estimate of drug-likeness (QED) is 0.686. The Bertz CT molecular complexity index is 350. The molecule has 6 nitrogen and oxygen atoms in total. The minimum Gasteiger partial charge on any atom is -0.480 e. The third-order valence-corrected chi connectivity index (χ3v) is 3.90. The molecule has 1 aliphatic rings. The topological polar surface area (TPSA) is 81.7 Å². The fourth-order valence-corrected chi connectivity index (χ4v) is 2.61. The number of carbonyl (C=O) groups excluding carboxylic acids is 1. The van der Waals surface area contributed by atoms with Crippen LogP contribution in [0.4, 0.5) is 4.79 Å². The summed E-state index contributed by atoms with van der Waals surface area (Å²) in [7, 11) is 3.90. The Balaban J connectivity index is 2.62. The van der Waals surface area contributed by atoms with Crippen LogP contribution in [0.15, 0.2) is 0 Å². The van der Waals surface area contributed by atoms with Gasteiger partial charge in [0.15, 0.2) is 0 Å². The van der Waals surface area contributed by atoms with E-state index in [0.29, 0.717) is 12.8 Å². The van der Waals surface area contributed by atoms with Crippen molar-refractivity contribution in [3.05, 3.63) is 0 Å². The number of hydrogen-bond donors (Lipinski definition) is 3. The lowest BCUT2D eigenvalue weighted by Crippen LogP contribution is -2.58. The van der Waals surface area contributed by atoms with Gasteiger partial charge in [-0.3, -0.25) is 0 Å². The molecule has 20 heavy (non-hydrogen) atoms. The molecule has 1 rings (SSSR count). The molecule has 1 aliphatic carbocycles. The van der Waals surface area contributed by atoms with Crippen LogP contribution in [0.1, 0.15) is 39.5 Å². The summed E-state index contributed by atoms with van der Waals surface area (Å²) in [5, 5.41) is 14.9. The maximum atomic E-state index is 12.1. The lowest BCUT2D eigenvalue weighted by Gasteiger charge is -2.29. The summed E-state index contributed by atoms with van der Waals surface area (Å²) in [6.45, 7) is 4.80. The van der Waals surface area contributed by atoms with Crippen LogP contribution < -0.4 is 10.6 Å². The van der Waals surface area contributed by atoms with Gasteiger partial charge in [-0.1, -0.05) is 26.7 Å². The highest BCUT2D eigenvalue weighted by atomic mass is 16.4. The molecule has 3 N–H and O–H groups in total. The monoisotopic (exact) mass is 285 g/mol. The van der Waals surface area contributed by atoms with Gasteiger partial charge in [0.2, 0.25) is 0 Å². The number of rotatable bonds is 6. The predicted molar refractivity (Wildman–Crippen MR) is 77.7 cm³/mol. The van der Waals surface area contributed by atoms with E-state index in [1.807, 2.05) is 32.8 Å². The van der Waals surface area contributed by atoms with Gasteiger partial charge in [0.05, 0.1) is 0 Å². The summed E-state index contributed by atoms with van der Waals surface area (Å²) < 4.78 is 0. The molecular weight excluding hydrogens is 258 g/mol. The Labute approximate surface area is 120 Å². The number of carboxylic acid groups (broad SMARTS) is 1. The van der Waals surface area contributed by atoms with Gasteiger partial charge in [0, 0.05) is 12.6 Å². The van der Waals surface area contributed by atoms with Crippen molar-refractivity contribution in [1.82, 2.24) is 15.5 Å². The van der Waals surface area contributed by atoms with Crippen molar-refractivity contribution in [2.24, 2.45) is 5.92 Å². The Morgan fingerprint density at radius 3 is 2.20 bits per heavy atom. The molecule has 0 aromatic carbocycles. The molecule has 1 atom stereocenters. The minimum absolute atomic E-state index is 0.00255. The highest BCUT2D eigenvalue weighted by Gasteiger charge is 2.42. The zero-order valence-electron chi connectivity index (χ0n) is 12.9. The van der Waals surface area contributed by atoms with E-state index in [1.54, 1.807) is 0 Å². The first-order valence-corrected chi connectivity index (χ1v) is 7.23. The number of nitrogens with one attached hydrogen (secondary N) is 2. The fraction of sp³-hybridized carbons (Fsp3) is 0.857. The van der Waals surface area contributed by atoms with Crippen molar-refractivity contribution in [2.75, 3.05) is 20.6 Å². The van der Waals surface area contributed by atoms with Crippen LogP contribution >= 0.6 is 0 Å². The lowest BCUT2D eigenvalue weighted by molar-refractivity contribution is -0.144. The Morgan fingerprint density at radius 2 is 1.80 bits per heavy atom.